The van der Waals surface area contributed by atoms with Crippen LogP contribution in [0.2, 0.25) is 0 Å². The Labute approximate surface area is 135 Å². The van der Waals surface area contributed by atoms with Crippen LogP contribution in [0, 0.1) is 5.92 Å². The molecule has 23 heavy (non-hydrogen) atoms. The molecule has 1 atom stereocenters. The second-order valence-electron chi connectivity index (χ2n) is 6.59. The number of aromatic amines is 1. The molecule has 4 heterocycles. The normalized spacial score (nSPS) is 26.2. The second-order valence-corrected chi connectivity index (χ2v) is 6.59. The van der Waals surface area contributed by atoms with Crippen LogP contribution >= 0.6 is 0 Å². The van der Waals surface area contributed by atoms with Crippen molar-refractivity contribution in [2.45, 2.75) is 18.9 Å². The first-order valence-electron chi connectivity index (χ1n) is 8.28. The minimum absolute atomic E-state index is 0.0236. The Balaban J connectivity index is 1.48. The van der Waals surface area contributed by atoms with E-state index in [0.717, 1.165) is 17.8 Å². The van der Waals surface area contributed by atoms with E-state index >= 15 is 0 Å². The van der Waals surface area contributed by atoms with Gasteiger partial charge in [0.15, 0.2) is 0 Å². The van der Waals surface area contributed by atoms with Gasteiger partial charge in [-0.2, -0.15) is 0 Å². The molecule has 1 aromatic heterocycles. The number of nitrogen functional groups attached to an aromatic ring is 1. The number of fused-ring (bicyclic) bond motifs is 3. The third-order valence-corrected chi connectivity index (χ3v) is 5.15. The van der Waals surface area contributed by atoms with Crippen LogP contribution in [0.4, 0.5) is 5.69 Å². The molecule has 1 amide bonds. The lowest BCUT2D eigenvalue weighted by atomic mass is 9.84. The lowest BCUT2D eigenvalue weighted by Crippen LogP contribution is -2.57. The number of aromatic nitrogens is 1. The van der Waals surface area contributed by atoms with Gasteiger partial charge in [0.05, 0.1) is 0 Å². The maximum Gasteiger partial charge on any atom is 0.267 e. The molecule has 5 rings (SSSR count). The third kappa shape index (κ3) is 2.72. The first kappa shape index (κ1) is 14.3. The molecule has 3 aliphatic heterocycles. The summed E-state index contributed by atoms with van der Waals surface area (Å²) in [5.41, 5.74) is 9.11. The van der Waals surface area contributed by atoms with Crippen molar-refractivity contribution in [3.8, 4) is 11.3 Å². The minimum Gasteiger partial charge on any atom is -0.398 e. The summed E-state index contributed by atoms with van der Waals surface area (Å²) >= 11 is 0. The summed E-state index contributed by atoms with van der Waals surface area (Å²) in [7, 11) is 0. The fourth-order valence-corrected chi connectivity index (χ4v) is 3.80. The zero-order valence-corrected chi connectivity index (χ0v) is 13.1. The summed E-state index contributed by atoms with van der Waals surface area (Å²) in [6, 6.07) is 11.7. The fourth-order valence-electron chi connectivity index (χ4n) is 3.80. The molecule has 1 aromatic carbocycles. The summed E-state index contributed by atoms with van der Waals surface area (Å²) in [5.74, 6) is 0.604. The molecular weight excluding hydrogens is 288 g/mol. The predicted octanol–water partition coefficient (Wildman–Crippen LogP) is 2.09. The van der Waals surface area contributed by atoms with Gasteiger partial charge in [0.25, 0.3) is 5.91 Å². The summed E-state index contributed by atoms with van der Waals surface area (Å²) in [5, 5.41) is 3.20. The molecule has 2 bridgehead atoms. The van der Waals surface area contributed by atoms with Crippen molar-refractivity contribution in [2.75, 3.05) is 25.4 Å². The molecule has 0 radical (unpaired) electrons. The number of carbonyl (C=O) groups is 1. The quantitative estimate of drug-likeness (QED) is 0.760. The van der Waals surface area contributed by atoms with E-state index in [4.69, 9.17) is 5.73 Å². The van der Waals surface area contributed by atoms with Crippen LogP contribution in [0.25, 0.3) is 11.3 Å². The van der Waals surface area contributed by atoms with Crippen molar-refractivity contribution >= 4 is 11.6 Å². The second kappa shape index (κ2) is 5.74. The number of nitrogens with one attached hydrogen (secondary N) is 2. The first-order chi connectivity index (χ1) is 11.2. The molecule has 0 aliphatic carbocycles. The Morgan fingerprint density at radius 3 is 2.65 bits per heavy atom. The van der Waals surface area contributed by atoms with Gasteiger partial charge >= 0.3 is 0 Å². The molecule has 4 N–H and O–H groups in total. The van der Waals surface area contributed by atoms with E-state index in [0.29, 0.717) is 17.3 Å². The Hall–Kier alpha value is -2.27. The molecule has 0 unspecified atom stereocenters. The first-order valence-corrected chi connectivity index (χ1v) is 8.28. The number of nitrogens with zero attached hydrogens (tertiary/aromatic N) is 1. The number of carbonyl (C=O) groups excluding carboxylic acids is 1. The van der Waals surface area contributed by atoms with Crippen LogP contribution in [0.15, 0.2) is 36.4 Å². The van der Waals surface area contributed by atoms with Crippen LogP contribution in [-0.2, 0) is 0 Å². The van der Waals surface area contributed by atoms with Crippen LogP contribution in [0.1, 0.15) is 23.3 Å². The van der Waals surface area contributed by atoms with Gasteiger partial charge in [0.1, 0.15) is 5.69 Å². The van der Waals surface area contributed by atoms with Crippen molar-refractivity contribution in [1.82, 2.24) is 15.2 Å². The molecule has 5 heteroatoms. The molecule has 3 saturated heterocycles. The highest BCUT2D eigenvalue weighted by Crippen LogP contribution is 2.28. The number of H-pyrrole nitrogens is 1. The van der Waals surface area contributed by atoms with E-state index in [-0.39, 0.29) is 11.9 Å². The van der Waals surface area contributed by atoms with Gasteiger partial charge in [0, 0.05) is 29.5 Å². The topological polar surface area (TPSA) is 74.2 Å². The lowest BCUT2D eigenvalue weighted by molar-refractivity contribution is 0.0618. The van der Waals surface area contributed by atoms with E-state index in [9.17, 15) is 4.79 Å². The van der Waals surface area contributed by atoms with Crippen molar-refractivity contribution in [3.63, 3.8) is 0 Å². The SMILES string of the molecule is Nc1ccccc1-c1ccc(C(=O)N[C@H]2CN3CCC2CC3)[nH]1. The van der Waals surface area contributed by atoms with Gasteiger partial charge in [0.2, 0.25) is 0 Å². The standard InChI is InChI=1S/C18H22N4O/c19-14-4-2-1-3-13(14)15-5-6-16(20-15)18(23)21-17-11-22-9-7-12(17)8-10-22/h1-6,12,17,20H,7-11,19H2,(H,21,23)/t17-/m0/s1. The Bertz CT molecular complexity index is 715. The summed E-state index contributed by atoms with van der Waals surface area (Å²) in [6.45, 7) is 3.34. The summed E-state index contributed by atoms with van der Waals surface area (Å²) < 4.78 is 0. The van der Waals surface area contributed by atoms with Gasteiger partial charge < -0.3 is 20.9 Å². The van der Waals surface area contributed by atoms with Crippen molar-refractivity contribution in [1.29, 1.82) is 0 Å². The van der Waals surface area contributed by atoms with Gasteiger partial charge in [-0.25, -0.2) is 0 Å². The number of amides is 1. The van der Waals surface area contributed by atoms with Crippen molar-refractivity contribution < 1.29 is 4.79 Å². The molecule has 5 nitrogen and oxygen atoms in total. The van der Waals surface area contributed by atoms with E-state index in [1.54, 1.807) is 0 Å². The highest BCUT2D eigenvalue weighted by Gasteiger charge is 2.35. The van der Waals surface area contributed by atoms with Gasteiger partial charge in [-0.3, -0.25) is 4.79 Å². The predicted molar refractivity (Wildman–Crippen MR) is 91.1 cm³/mol. The number of piperidine rings is 3. The molecule has 0 spiro atoms. The highest BCUT2D eigenvalue weighted by molar-refractivity contribution is 5.94. The minimum atomic E-state index is -0.0236. The van der Waals surface area contributed by atoms with E-state index in [1.165, 1.54) is 25.9 Å². The number of rotatable bonds is 3. The van der Waals surface area contributed by atoms with Crippen molar-refractivity contribution in [2.24, 2.45) is 5.92 Å². The van der Waals surface area contributed by atoms with Crippen LogP contribution in [0.3, 0.4) is 0 Å². The van der Waals surface area contributed by atoms with E-state index < -0.39 is 0 Å². The molecule has 3 aliphatic rings. The molecule has 120 valence electrons. The molecular formula is C18H22N4O. The Kier molecular flexibility index (Phi) is 3.58. The van der Waals surface area contributed by atoms with E-state index in [1.807, 2.05) is 36.4 Å². The number of anilines is 1. The number of hydrogen-bond acceptors (Lipinski definition) is 3. The lowest BCUT2D eigenvalue weighted by Gasteiger charge is -2.44. The maximum absolute atomic E-state index is 12.5. The maximum atomic E-state index is 12.5. The van der Waals surface area contributed by atoms with Crippen molar-refractivity contribution in [3.05, 3.63) is 42.1 Å². The zero-order valence-electron chi connectivity index (χ0n) is 13.1. The fraction of sp³-hybridized carbons (Fsp3) is 0.389. The smallest absolute Gasteiger partial charge is 0.267 e. The van der Waals surface area contributed by atoms with Crippen LogP contribution in [-0.4, -0.2) is 41.5 Å². The summed E-state index contributed by atoms with van der Waals surface area (Å²) in [4.78, 5) is 18.2. The highest BCUT2D eigenvalue weighted by atomic mass is 16.2. The average molecular weight is 310 g/mol. The average Bonchev–Trinajstić information content (AvgIpc) is 3.06. The van der Waals surface area contributed by atoms with E-state index in [2.05, 4.69) is 15.2 Å². The van der Waals surface area contributed by atoms with Gasteiger partial charge in [-0.15, -0.1) is 0 Å². The number of para-hydroxylation sites is 1. The molecule has 3 fully saturated rings. The number of nitrogens with two attached hydrogens (primary N) is 1. The molecule has 2 aromatic rings. The zero-order chi connectivity index (χ0) is 15.8. The van der Waals surface area contributed by atoms with Crippen LogP contribution in [0.5, 0.6) is 0 Å². The molecule has 0 saturated carbocycles. The number of benzene rings is 1. The Morgan fingerprint density at radius 1 is 1.17 bits per heavy atom. The summed E-state index contributed by atoms with van der Waals surface area (Å²) in [6.07, 6.45) is 2.39. The number of hydrogen-bond donors (Lipinski definition) is 3. The monoisotopic (exact) mass is 310 g/mol. The van der Waals surface area contributed by atoms with Gasteiger partial charge in [-0.05, 0) is 50.0 Å². The van der Waals surface area contributed by atoms with Crippen LogP contribution < -0.4 is 11.1 Å². The third-order valence-electron chi connectivity index (χ3n) is 5.15. The van der Waals surface area contributed by atoms with Gasteiger partial charge in [-0.1, -0.05) is 18.2 Å². The largest absolute Gasteiger partial charge is 0.398 e. The Morgan fingerprint density at radius 2 is 1.96 bits per heavy atom.